The minimum atomic E-state index is -1.06. The Hall–Kier alpha value is -2.96. The zero-order valence-electron chi connectivity index (χ0n) is 14.4. The van der Waals surface area contributed by atoms with E-state index in [1.807, 2.05) is 0 Å². The van der Waals surface area contributed by atoms with Gasteiger partial charge in [-0.05, 0) is 38.1 Å². The van der Waals surface area contributed by atoms with Gasteiger partial charge in [-0.1, -0.05) is 12.1 Å². The van der Waals surface area contributed by atoms with Crippen LogP contribution in [0.3, 0.4) is 0 Å². The zero-order chi connectivity index (χ0) is 18.9. The van der Waals surface area contributed by atoms with E-state index in [0.29, 0.717) is 11.4 Å². The van der Waals surface area contributed by atoms with Gasteiger partial charge in [0.25, 0.3) is 5.91 Å². The van der Waals surface area contributed by atoms with E-state index in [9.17, 15) is 18.4 Å². The zero-order valence-corrected chi connectivity index (χ0v) is 14.4. The molecule has 2 amide bonds. The maximum absolute atomic E-state index is 13.6. The quantitative estimate of drug-likeness (QED) is 0.908. The molecule has 1 heterocycles. The number of ether oxygens (including phenoxy) is 1. The molecule has 26 heavy (non-hydrogen) atoms. The molecule has 0 saturated heterocycles. The highest BCUT2D eigenvalue weighted by molar-refractivity contribution is 6.03. The van der Waals surface area contributed by atoms with Gasteiger partial charge in [-0.25, -0.2) is 8.78 Å². The maximum Gasteiger partial charge on any atom is 0.270 e. The van der Waals surface area contributed by atoms with Crippen LogP contribution in [0, 0.1) is 11.6 Å². The summed E-state index contributed by atoms with van der Waals surface area (Å²) in [5, 5.41) is 2.33. The van der Waals surface area contributed by atoms with Crippen molar-refractivity contribution in [2.75, 3.05) is 16.8 Å². The summed E-state index contributed by atoms with van der Waals surface area (Å²) in [6.45, 7) is 3.40. The second-order valence-corrected chi connectivity index (χ2v) is 6.46. The van der Waals surface area contributed by atoms with E-state index in [1.54, 1.807) is 38.1 Å². The Morgan fingerprint density at radius 2 is 1.92 bits per heavy atom. The van der Waals surface area contributed by atoms with Gasteiger partial charge in [-0.15, -0.1) is 0 Å². The van der Waals surface area contributed by atoms with Crippen LogP contribution < -0.4 is 15.0 Å². The number of halogens is 2. The molecule has 0 aromatic heterocycles. The average Bonchev–Trinajstić information content (AvgIpc) is 2.58. The number of amides is 2. The van der Waals surface area contributed by atoms with Crippen LogP contribution in [-0.4, -0.2) is 24.0 Å². The Balaban J connectivity index is 1.73. The number of para-hydroxylation sites is 2. The van der Waals surface area contributed by atoms with E-state index in [-0.39, 0.29) is 24.6 Å². The Kier molecular flexibility index (Phi) is 4.63. The summed E-state index contributed by atoms with van der Waals surface area (Å²) in [6.07, 6.45) is -0.0773. The molecule has 2 aromatic carbocycles. The van der Waals surface area contributed by atoms with Crippen LogP contribution in [0.1, 0.15) is 20.3 Å². The molecule has 0 saturated carbocycles. The van der Waals surface area contributed by atoms with Crippen molar-refractivity contribution in [3.05, 3.63) is 54.1 Å². The van der Waals surface area contributed by atoms with Crippen molar-refractivity contribution in [3.63, 3.8) is 0 Å². The summed E-state index contributed by atoms with van der Waals surface area (Å²) < 4.78 is 32.5. The van der Waals surface area contributed by atoms with Gasteiger partial charge in [0.05, 0.1) is 11.4 Å². The van der Waals surface area contributed by atoms with Crippen LogP contribution in [0.25, 0.3) is 0 Å². The highest BCUT2D eigenvalue weighted by Crippen LogP contribution is 2.37. The lowest BCUT2D eigenvalue weighted by Gasteiger charge is -2.38. The van der Waals surface area contributed by atoms with Crippen LogP contribution in [0.2, 0.25) is 0 Å². The van der Waals surface area contributed by atoms with Crippen molar-refractivity contribution in [2.45, 2.75) is 25.9 Å². The Morgan fingerprint density at radius 1 is 1.19 bits per heavy atom. The molecule has 0 unspecified atom stereocenters. The van der Waals surface area contributed by atoms with Crippen molar-refractivity contribution in [3.8, 4) is 5.75 Å². The highest BCUT2D eigenvalue weighted by Gasteiger charge is 2.40. The normalized spacial score (nSPS) is 15.2. The molecular weight excluding hydrogens is 342 g/mol. The largest absolute Gasteiger partial charge is 0.476 e. The molecule has 1 N–H and O–H groups in total. The van der Waals surface area contributed by atoms with Gasteiger partial charge < -0.3 is 15.0 Å². The smallest absolute Gasteiger partial charge is 0.270 e. The third-order valence-corrected chi connectivity index (χ3v) is 4.05. The Labute approximate surface area is 149 Å². The van der Waals surface area contributed by atoms with E-state index in [1.165, 1.54) is 4.90 Å². The molecular formula is C19H18F2N2O3. The molecule has 136 valence electrons. The van der Waals surface area contributed by atoms with Gasteiger partial charge in [0.15, 0.2) is 5.60 Å². The first-order chi connectivity index (χ1) is 12.3. The summed E-state index contributed by atoms with van der Waals surface area (Å²) in [5.41, 5.74) is -0.718. The molecule has 1 aliphatic rings. The van der Waals surface area contributed by atoms with Crippen molar-refractivity contribution in [1.82, 2.24) is 0 Å². The average molecular weight is 360 g/mol. The minimum absolute atomic E-state index is 0.0773. The summed E-state index contributed by atoms with van der Waals surface area (Å²) in [7, 11) is 0. The van der Waals surface area contributed by atoms with Gasteiger partial charge in [0.1, 0.15) is 17.4 Å². The van der Waals surface area contributed by atoms with Crippen LogP contribution in [0.15, 0.2) is 42.5 Å². The summed E-state index contributed by atoms with van der Waals surface area (Å²) in [4.78, 5) is 26.2. The predicted molar refractivity (Wildman–Crippen MR) is 93.1 cm³/mol. The number of rotatable bonds is 4. The summed E-state index contributed by atoms with van der Waals surface area (Å²) in [6, 6.07) is 9.85. The van der Waals surface area contributed by atoms with Gasteiger partial charge in [-0.2, -0.15) is 0 Å². The molecule has 2 aromatic rings. The van der Waals surface area contributed by atoms with Crippen LogP contribution >= 0.6 is 0 Å². The molecule has 3 rings (SSSR count). The monoisotopic (exact) mass is 360 g/mol. The van der Waals surface area contributed by atoms with E-state index >= 15 is 0 Å². The van der Waals surface area contributed by atoms with Gasteiger partial charge in [-0.3, -0.25) is 9.59 Å². The number of hydrogen-bond acceptors (Lipinski definition) is 3. The standard InChI is InChI=1S/C19H18F2N2O3/c1-19(2)18(25)23(15-5-3-4-6-16(15)26-19)10-9-17(24)22-14-11-12(20)7-8-13(14)21/h3-8,11H,9-10H2,1-2H3,(H,22,24). The number of carbonyl (C=O) groups excluding carboxylic acids is 2. The highest BCUT2D eigenvalue weighted by atomic mass is 19.1. The Bertz CT molecular complexity index is 868. The first-order valence-corrected chi connectivity index (χ1v) is 8.13. The molecule has 0 aliphatic carbocycles. The van der Waals surface area contributed by atoms with E-state index < -0.39 is 23.1 Å². The first-order valence-electron chi connectivity index (χ1n) is 8.13. The minimum Gasteiger partial charge on any atom is -0.476 e. The van der Waals surface area contributed by atoms with Gasteiger partial charge >= 0.3 is 0 Å². The Morgan fingerprint density at radius 3 is 2.69 bits per heavy atom. The third kappa shape index (κ3) is 3.51. The fourth-order valence-electron chi connectivity index (χ4n) is 2.76. The van der Waals surface area contributed by atoms with Crippen molar-refractivity contribution < 1.29 is 23.1 Å². The predicted octanol–water partition coefficient (Wildman–Crippen LogP) is 3.50. The summed E-state index contributed by atoms with van der Waals surface area (Å²) in [5.74, 6) is -1.63. The van der Waals surface area contributed by atoms with Crippen LogP contribution in [0.4, 0.5) is 20.2 Å². The number of hydrogen-bond donors (Lipinski definition) is 1. The molecule has 7 heteroatoms. The molecule has 5 nitrogen and oxygen atoms in total. The van der Waals surface area contributed by atoms with E-state index in [0.717, 1.165) is 18.2 Å². The van der Waals surface area contributed by atoms with Crippen molar-refractivity contribution in [1.29, 1.82) is 0 Å². The fraction of sp³-hybridized carbons (Fsp3) is 0.263. The number of benzene rings is 2. The van der Waals surface area contributed by atoms with Gasteiger partial charge in [0.2, 0.25) is 5.91 Å². The number of nitrogens with zero attached hydrogens (tertiary/aromatic N) is 1. The number of fused-ring (bicyclic) bond motifs is 1. The number of carbonyl (C=O) groups is 2. The second kappa shape index (κ2) is 6.74. The van der Waals surface area contributed by atoms with E-state index in [4.69, 9.17) is 4.74 Å². The molecule has 0 bridgehead atoms. The fourth-order valence-corrected chi connectivity index (χ4v) is 2.76. The molecule has 0 fully saturated rings. The van der Waals surface area contributed by atoms with Crippen molar-refractivity contribution >= 4 is 23.2 Å². The lowest BCUT2D eigenvalue weighted by atomic mass is 10.0. The number of anilines is 2. The SMILES string of the molecule is CC1(C)Oc2ccccc2N(CCC(=O)Nc2cc(F)ccc2F)C1=O. The third-order valence-electron chi connectivity index (χ3n) is 4.05. The molecule has 0 atom stereocenters. The van der Waals surface area contributed by atoms with Gasteiger partial charge in [0, 0.05) is 19.0 Å². The molecule has 0 spiro atoms. The topological polar surface area (TPSA) is 58.6 Å². The number of nitrogens with one attached hydrogen (secondary N) is 1. The van der Waals surface area contributed by atoms with Crippen molar-refractivity contribution in [2.24, 2.45) is 0 Å². The van der Waals surface area contributed by atoms with Crippen LogP contribution in [-0.2, 0) is 9.59 Å². The molecule has 0 radical (unpaired) electrons. The van der Waals surface area contributed by atoms with E-state index in [2.05, 4.69) is 5.32 Å². The second-order valence-electron chi connectivity index (χ2n) is 6.46. The summed E-state index contributed by atoms with van der Waals surface area (Å²) >= 11 is 0. The lowest BCUT2D eigenvalue weighted by Crippen LogP contribution is -2.53. The molecule has 1 aliphatic heterocycles. The van der Waals surface area contributed by atoms with Crippen LogP contribution in [0.5, 0.6) is 5.75 Å². The first kappa shape index (κ1) is 17.8. The maximum atomic E-state index is 13.6. The lowest BCUT2D eigenvalue weighted by molar-refractivity contribution is -0.132.